The summed E-state index contributed by atoms with van der Waals surface area (Å²) in [6, 6.07) is 6.05. The van der Waals surface area contributed by atoms with Crippen LogP contribution in [-0.4, -0.2) is 21.7 Å². The van der Waals surface area contributed by atoms with Crippen molar-refractivity contribution < 1.29 is 5.11 Å². The van der Waals surface area contributed by atoms with Gasteiger partial charge in [-0.25, -0.2) is 4.98 Å². The summed E-state index contributed by atoms with van der Waals surface area (Å²) < 4.78 is 0. The Morgan fingerprint density at radius 1 is 1.40 bits per heavy atom. The Bertz CT molecular complexity index is 485. The van der Waals surface area contributed by atoms with Gasteiger partial charge in [0.2, 0.25) is 0 Å². The third-order valence-corrected chi connectivity index (χ3v) is 2.75. The van der Waals surface area contributed by atoms with Crippen LogP contribution in [0.4, 0.5) is 0 Å². The maximum absolute atomic E-state index is 9.28. The van der Waals surface area contributed by atoms with Gasteiger partial charge in [-0.3, -0.25) is 0 Å². The number of aliphatic hydroxyl groups is 1. The molecule has 1 aromatic carbocycles. The Morgan fingerprint density at radius 2 is 2.13 bits per heavy atom. The first kappa shape index (κ1) is 10.2. The van der Waals surface area contributed by atoms with Gasteiger partial charge in [-0.2, -0.15) is 0 Å². The standard InChI is InChI=1S/C12H16N2O/c1-8-5-4-6-9-10(8)14-11(13-9)12(2,3)7-15/h4-6,15H,7H2,1-3H3,(H,13,14). The summed E-state index contributed by atoms with van der Waals surface area (Å²) in [6.07, 6.45) is 0. The van der Waals surface area contributed by atoms with Crippen molar-refractivity contribution in [2.24, 2.45) is 0 Å². The molecular formula is C12H16N2O. The van der Waals surface area contributed by atoms with Crippen LogP contribution in [0.1, 0.15) is 25.2 Å². The van der Waals surface area contributed by atoms with E-state index in [2.05, 4.69) is 9.97 Å². The van der Waals surface area contributed by atoms with Crippen molar-refractivity contribution >= 4 is 11.0 Å². The summed E-state index contributed by atoms with van der Waals surface area (Å²) in [6.45, 7) is 6.07. The van der Waals surface area contributed by atoms with Gasteiger partial charge < -0.3 is 10.1 Å². The number of hydrogen-bond donors (Lipinski definition) is 2. The highest BCUT2D eigenvalue weighted by Gasteiger charge is 2.23. The number of H-pyrrole nitrogens is 1. The predicted octanol–water partition coefficient (Wildman–Crippen LogP) is 2.14. The number of nitrogens with one attached hydrogen (secondary N) is 1. The number of aromatic nitrogens is 2. The summed E-state index contributed by atoms with van der Waals surface area (Å²) >= 11 is 0. The van der Waals surface area contributed by atoms with E-state index in [-0.39, 0.29) is 12.0 Å². The third kappa shape index (κ3) is 1.63. The molecule has 0 aliphatic carbocycles. The second-order valence-corrected chi connectivity index (χ2v) is 4.60. The zero-order valence-corrected chi connectivity index (χ0v) is 9.33. The predicted molar refractivity (Wildman–Crippen MR) is 60.9 cm³/mol. The van der Waals surface area contributed by atoms with Gasteiger partial charge in [-0.05, 0) is 18.6 Å². The normalized spacial score (nSPS) is 12.3. The molecule has 80 valence electrons. The fraction of sp³-hybridized carbons (Fsp3) is 0.417. The van der Waals surface area contributed by atoms with Gasteiger partial charge in [0.05, 0.1) is 17.6 Å². The molecule has 0 radical (unpaired) electrons. The van der Waals surface area contributed by atoms with Gasteiger partial charge in [-0.15, -0.1) is 0 Å². The molecular weight excluding hydrogens is 188 g/mol. The van der Waals surface area contributed by atoms with E-state index in [9.17, 15) is 5.11 Å². The number of para-hydroxylation sites is 1. The van der Waals surface area contributed by atoms with Crippen molar-refractivity contribution in [3.05, 3.63) is 29.6 Å². The second-order valence-electron chi connectivity index (χ2n) is 4.60. The number of aromatic amines is 1. The lowest BCUT2D eigenvalue weighted by molar-refractivity contribution is 0.213. The average molecular weight is 204 g/mol. The second kappa shape index (κ2) is 3.35. The Balaban J connectivity index is 2.62. The zero-order chi connectivity index (χ0) is 11.1. The maximum Gasteiger partial charge on any atom is 0.115 e. The van der Waals surface area contributed by atoms with Gasteiger partial charge in [0.15, 0.2) is 0 Å². The van der Waals surface area contributed by atoms with Gasteiger partial charge in [0, 0.05) is 5.41 Å². The Hall–Kier alpha value is -1.35. The van der Waals surface area contributed by atoms with E-state index in [1.54, 1.807) is 0 Å². The van der Waals surface area contributed by atoms with Gasteiger partial charge >= 0.3 is 0 Å². The van der Waals surface area contributed by atoms with E-state index in [4.69, 9.17) is 0 Å². The SMILES string of the molecule is Cc1cccc2[nH]c(C(C)(C)CO)nc12. The summed E-state index contributed by atoms with van der Waals surface area (Å²) in [5, 5.41) is 9.28. The van der Waals surface area contributed by atoms with Crippen LogP contribution < -0.4 is 0 Å². The molecule has 0 bridgehead atoms. The number of imidazole rings is 1. The molecule has 0 unspecified atom stereocenters. The highest BCUT2D eigenvalue weighted by molar-refractivity contribution is 5.78. The van der Waals surface area contributed by atoms with Crippen LogP contribution in [-0.2, 0) is 5.41 Å². The van der Waals surface area contributed by atoms with Crippen molar-refractivity contribution in [2.45, 2.75) is 26.2 Å². The first-order valence-electron chi connectivity index (χ1n) is 5.11. The Morgan fingerprint density at radius 3 is 2.73 bits per heavy atom. The molecule has 0 fully saturated rings. The van der Waals surface area contributed by atoms with Crippen LogP contribution in [0.3, 0.4) is 0 Å². The lowest BCUT2D eigenvalue weighted by Gasteiger charge is -2.17. The first-order chi connectivity index (χ1) is 7.04. The number of fused-ring (bicyclic) bond motifs is 1. The molecule has 15 heavy (non-hydrogen) atoms. The number of aliphatic hydroxyl groups excluding tert-OH is 1. The Labute approximate surface area is 89.2 Å². The van der Waals surface area contributed by atoms with Crippen molar-refractivity contribution in [2.75, 3.05) is 6.61 Å². The first-order valence-corrected chi connectivity index (χ1v) is 5.11. The summed E-state index contributed by atoms with van der Waals surface area (Å²) in [5.41, 5.74) is 2.87. The van der Waals surface area contributed by atoms with Crippen LogP contribution in [0.5, 0.6) is 0 Å². The van der Waals surface area contributed by atoms with E-state index in [1.165, 1.54) is 0 Å². The van der Waals surface area contributed by atoms with Crippen LogP contribution in [0.15, 0.2) is 18.2 Å². The molecule has 1 heterocycles. The average Bonchev–Trinajstić information content (AvgIpc) is 2.64. The molecule has 0 amide bonds. The fourth-order valence-electron chi connectivity index (χ4n) is 1.57. The third-order valence-electron chi connectivity index (χ3n) is 2.75. The monoisotopic (exact) mass is 204 g/mol. The van der Waals surface area contributed by atoms with Crippen LogP contribution in [0.25, 0.3) is 11.0 Å². The number of hydrogen-bond acceptors (Lipinski definition) is 2. The largest absolute Gasteiger partial charge is 0.395 e. The number of nitrogens with zero attached hydrogens (tertiary/aromatic N) is 1. The lowest BCUT2D eigenvalue weighted by Crippen LogP contribution is -2.23. The number of rotatable bonds is 2. The molecule has 0 aliphatic rings. The smallest absolute Gasteiger partial charge is 0.115 e. The topological polar surface area (TPSA) is 48.9 Å². The molecule has 1 aromatic heterocycles. The van der Waals surface area contributed by atoms with E-state index < -0.39 is 0 Å². The van der Waals surface area contributed by atoms with E-state index in [1.807, 2.05) is 39.0 Å². The lowest BCUT2D eigenvalue weighted by atomic mass is 9.94. The minimum atomic E-state index is -0.314. The minimum Gasteiger partial charge on any atom is -0.395 e. The maximum atomic E-state index is 9.28. The van der Waals surface area contributed by atoms with E-state index >= 15 is 0 Å². The number of benzene rings is 1. The molecule has 2 N–H and O–H groups in total. The molecule has 0 saturated heterocycles. The molecule has 2 rings (SSSR count). The molecule has 2 aromatic rings. The van der Waals surface area contributed by atoms with Gasteiger partial charge in [0.1, 0.15) is 5.82 Å². The molecule has 0 spiro atoms. The molecule has 3 heteroatoms. The quantitative estimate of drug-likeness (QED) is 0.787. The number of aryl methyl sites for hydroxylation is 1. The summed E-state index contributed by atoms with van der Waals surface area (Å²) in [5.74, 6) is 0.842. The highest BCUT2D eigenvalue weighted by Crippen LogP contribution is 2.23. The van der Waals surface area contributed by atoms with Gasteiger partial charge in [-0.1, -0.05) is 26.0 Å². The van der Waals surface area contributed by atoms with Crippen LogP contribution in [0, 0.1) is 6.92 Å². The zero-order valence-electron chi connectivity index (χ0n) is 9.33. The van der Waals surface area contributed by atoms with Crippen molar-refractivity contribution in [1.29, 1.82) is 0 Å². The van der Waals surface area contributed by atoms with E-state index in [0.717, 1.165) is 22.4 Å². The van der Waals surface area contributed by atoms with Gasteiger partial charge in [0.25, 0.3) is 0 Å². The summed E-state index contributed by atoms with van der Waals surface area (Å²) in [7, 11) is 0. The molecule has 3 nitrogen and oxygen atoms in total. The highest BCUT2D eigenvalue weighted by atomic mass is 16.3. The molecule has 0 aliphatic heterocycles. The van der Waals surface area contributed by atoms with Crippen LogP contribution in [0.2, 0.25) is 0 Å². The fourth-order valence-corrected chi connectivity index (χ4v) is 1.57. The summed E-state index contributed by atoms with van der Waals surface area (Å²) in [4.78, 5) is 7.80. The minimum absolute atomic E-state index is 0.0892. The molecule has 0 atom stereocenters. The Kier molecular flexibility index (Phi) is 2.27. The van der Waals surface area contributed by atoms with Crippen molar-refractivity contribution in [3.63, 3.8) is 0 Å². The van der Waals surface area contributed by atoms with Crippen LogP contribution >= 0.6 is 0 Å². The van der Waals surface area contributed by atoms with Crippen molar-refractivity contribution in [3.8, 4) is 0 Å². The van der Waals surface area contributed by atoms with E-state index in [0.29, 0.717) is 0 Å². The molecule has 0 saturated carbocycles. The van der Waals surface area contributed by atoms with Crippen molar-refractivity contribution in [1.82, 2.24) is 9.97 Å².